The van der Waals surface area contributed by atoms with Gasteiger partial charge in [-0.1, -0.05) is 11.6 Å². The molecule has 0 atom stereocenters. The molecule has 0 aromatic heterocycles. The molecule has 2 rings (SSSR count). The topological polar surface area (TPSA) is 59.6 Å². The molecule has 1 aromatic rings. The van der Waals surface area contributed by atoms with Gasteiger partial charge in [-0.3, -0.25) is 0 Å². The molecular formula is C17H25ClN2O3. The van der Waals surface area contributed by atoms with Crippen LogP contribution in [0.4, 0.5) is 4.79 Å². The zero-order valence-electron chi connectivity index (χ0n) is 14.1. The van der Waals surface area contributed by atoms with Crippen molar-refractivity contribution in [2.45, 2.75) is 57.8 Å². The fourth-order valence-electron chi connectivity index (χ4n) is 2.52. The van der Waals surface area contributed by atoms with Crippen LogP contribution in [0, 0.1) is 0 Å². The maximum atomic E-state index is 11.7. The van der Waals surface area contributed by atoms with Crippen LogP contribution in [0.1, 0.15) is 39.2 Å². The summed E-state index contributed by atoms with van der Waals surface area (Å²) in [6.45, 7) is 6.26. The van der Waals surface area contributed by atoms with Crippen LogP contribution in [0.25, 0.3) is 0 Å². The van der Waals surface area contributed by atoms with Gasteiger partial charge in [-0.2, -0.15) is 0 Å². The summed E-state index contributed by atoms with van der Waals surface area (Å²) in [5.74, 6) is 0.824. The summed E-state index contributed by atoms with van der Waals surface area (Å²) in [7, 11) is 1.65. The molecule has 1 saturated carbocycles. The second kappa shape index (κ2) is 7.41. The van der Waals surface area contributed by atoms with Crippen molar-refractivity contribution in [2.24, 2.45) is 0 Å². The van der Waals surface area contributed by atoms with Gasteiger partial charge in [0.2, 0.25) is 0 Å². The van der Waals surface area contributed by atoms with E-state index in [-0.39, 0.29) is 12.1 Å². The Bertz CT molecular complexity index is 551. The molecule has 0 radical (unpaired) electrons. The minimum absolute atomic E-state index is 0.170. The van der Waals surface area contributed by atoms with Crippen LogP contribution >= 0.6 is 11.6 Å². The third-order valence-electron chi connectivity index (χ3n) is 3.68. The van der Waals surface area contributed by atoms with E-state index in [2.05, 4.69) is 10.6 Å². The first kappa shape index (κ1) is 17.9. The number of hydrogen-bond donors (Lipinski definition) is 2. The highest BCUT2D eigenvalue weighted by Crippen LogP contribution is 2.25. The molecule has 5 nitrogen and oxygen atoms in total. The number of carbonyl (C=O) groups is 1. The van der Waals surface area contributed by atoms with Gasteiger partial charge in [0.25, 0.3) is 0 Å². The van der Waals surface area contributed by atoms with Crippen LogP contribution in [-0.2, 0) is 11.3 Å². The lowest BCUT2D eigenvalue weighted by molar-refractivity contribution is 0.0465. The third-order valence-corrected chi connectivity index (χ3v) is 3.92. The first-order chi connectivity index (χ1) is 10.8. The number of hydrogen-bond acceptors (Lipinski definition) is 4. The van der Waals surface area contributed by atoms with E-state index in [9.17, 15) is 4.79 Å². The summed E-state index contributed by atoms with van der Waals surface area (Å²) in [5.41, 5.74) is 0.567. The summed E-state index contributed by atoms with van der Waals surface area (Å²) in [4.78, 5) is 11.7. The number of ether oxygens (including phenoxy) is 2. The molecule has 1 aromatic carbocycles. The van der Waals surface area contributed by atoms with Gasteiger partial charge >= 0.3 is 6.09 Å². The quantitative estimate of drug-likeness (QED) is 0.861. The zero-order chi connectivity index (χ0) is 17.0. The first-order valence-corrected chi connectivity index (χ1v) is 8.20. The van der Waals surface area contributed by atoms with Crippen LogP contribution in [0.5, 0.6) is 5.75 Å². The maximum Gasteiger partial charge on any atom is 0.407 e. The number of alkyl carbamates (subject to hydrolysis) is 1. The largest absolute Gasteiger partial charge is 0.496 e. The summed E-state index contributed by atoms with van der Waals surface area (Å²) < 4.78 is 10.6. The lowest BCUT2D eigenvalue weighted by atomic mass is 9.86. The van der Waals surface area contributed by atoms with Gasteiger partial charge in [-0.25, -0.2) is 4.79 Å². The van der Waals surface area contributed by atoms with Crippen molar-refractivity contribution in [3.8, 4) is 5.75 Å². The summed E-state index contributed by atoms with van der Waals surface area (Å²) in [6, 6.07) is 6.13. The Morgan fingerprint density at radius 2 is 2.00 bits per heavy atom. The minimum atomic E-state index is -0.464. The van der Waals surface area contributed by atoms with E-state index in [1.54, 1.807) is 7.11 Å². The number of halogens is 1. The van der Waals surface area contributed by atoms with Crippen molar-refractivity contribution < 1.29 is 14.3 Å². The van der Waals surface area contributed by atoms with Crippen molar-refractivity contribution in [1.29, 1.82) is 0 Å². The Hall–Kier alpha value is -1.46. The lowest BCUT2D eigenvalue weighted by Gasteiger charge is -2.36. The molecule has 23 heavy (non-hydrogen) atoms. The molecule has 6 heteroatoms. The highest BCUT2D eigenvalue weighted by Gasteiger charge is 2.31. The smallest absolute Gasteiger partial charge is 0.407 e. The van der Waals surface area contributed by atoms with Crippen LogP contribution in [0.15, 0.2) is 18.2 Å². The molecule has 128 valence electrons. The Kier molecular flexibility index (Phi) is 5.76. The number of methoxy groups -OCH3 is 1. The van der Waals surface area contributed by atoms with Gasteiger partial charge in [0, 0.05) is 29.2 Å². The van der Waals surface area contributed by atoms with Crippen molar-refractivity contribution >= 4 is 17.7 Å². The van der Waals surface area contributed by atoms with Crippen LogP contribution < -0.4 is 15.4 Å². The van der Waals surface area contributed by atoms with Crippen LogP contribution in [0.3, 0.4) is 0 Å². The average Bonchev–Trinajstić information content (AvgIpc) is 2.39. The number of amides is 1. The molecule has 1 amide bonds. The molecule has 1 fully saturated rings. The van der Waals surface area contributed by atoms with E-state index < -0.39 is 5.60 Å². The zero-order valence-corrected chi connectivity index (χ0v) is 14.9. The van der Waals surface area contributed by atoms with Crippen LogP contribution in [-0.4, -0.2) is 30.9 Å². The first-order valence-electron chi connectivity index (χ1n) is 7.82. The molecule has 0 aliphatic heterocycles. The van der Waals surface area contributed by atoms with E-state index >= 15 is 0 Å². The van der Waals surface area contributed by atoms with Gasteiger partial charge in [-0.15, -0.1) is 0 Å². The molecule has 0 bridgehead atoms. The monoisotopic (exact) mass is 340 g/mol. The van der Waals surface area contributed by atoms with Gasteiger partial charge in [0.1, 0.15) is 11.4 Å². The van der Waals surface area contributed by atoms with E-state index in [0.29, 0.717) is 17.6 Å². The number of benzene rings is 1. The van der Waals surface area contributed by atoms with Crippen molar-refractivity contribution in [3.05, 3.63) is 28.8 Å². The standard InChI is InChI=1S/C17H25ClN2O3/c1-17(2,3)23-16(21)20-14-8-13(9-14)19-10-11-7-12(18)5-6-15(11)22-4/h5-7,13-14,19H,8-10H2,1-4H3,(H,20,21). The lowest BCUT2D eigenvalue weighted by Crippen LogP contribution is -2.52. The minimum Gasteiger partial charge on any atom is -0.496 e. The van der Waals surface area contributed by atoms with E-state index in [1.807, 2.05) is 39.0 Å². The van der Waals surface area contributed by atoms with Crippen LogP contribution in [0.2, 0.25) is 5.02 Å². The molecule has 1 aliphatic rings. The highest BCUT2D eigenvalue weighted by molar-refractivity contribution is 6.30. The van der Waals surface area contributed by atoms with Gasteiger partial charge in [-0.05, 0) is 51.8 Å². The second-order valence-electron chi connectivity index (χ2n) is 6.85. The molecule has 2 N–H and O–H groups in total. The van der Waals surface area contributed by atoms with Crippen molar-refractivity contribution in [2.75, 3.05) is 7.11 Å². The summed E-state index contributed by atoms with van der Waals surface area (Å²) in [5, 5.41) is 7.04. The van der Waals surface area contributed by atoms with E-state index in [1.165, 1.54) is 0 Å². The molecule has 0 heterocycles. The normalized spacial score (nSPS) is 20.6. The fourth-order valence-corrected chi connectivity index (χ4v) is 2.71. The Morgan fingerprint density at radius 1 is 1.30 bits per heavy atom. The van der Waals surface area contributed by atoms with Crippen molar-refractivity contribution in [3.63, 3.8) is 0 Å². The SMILES string of the molecule is COc1ccc(Cl)cc1CNC1CC(NC(=O)OC(C)(C)C)C1. The Labute approximate surface area is 142 Å². The number of carbonyl (C=O) groups excluding carboxylic acids is 1. The van der Waals surface area contributed by atoms with E-state index in [4.69, 9.17) is 21.1 Å². The summed E-state index contributed by atoms with van der Waals surface area (Å²) >= 11 is 6.03. The predicted molar refractivity (Wildman–Crippen MR) is 91.0 cm³/mol. The number of nitrogens with one attached hydrogen (secondary N) is 2. The molecule has 0 saturated heterocycles. The van der Waals surface area contributed by atoms with Gasteiger partial charge < -0.3 is 20.1 Å². The molecule has 0 unspecified atom stereocenters. The van der Waals surface area contributed by atoms with Crippen molar-refractivity contribution in [1.82, 2.24) is 10.6 Å². The molecule has 1 aliphatic carbocycles. The second-order valence-corrected chi connectivity index (χ2v) is 7.28. The average molecular weight is 341 g/mol. The molecular weight excluding hydrogens is 316 g/mol. The predicted octanol–water partition coefficient (Wildman–Crippen LogP) is 3.49. The maximum absolute atomic E-state index is 11.7. The summed E-state index contributed by atoms with van der Waals surface area (Å²) in [6.07, 6.45) is 1.43. The van der Waals surface area contributed by atoms with E-state index in [0.717, 1.165) is 24.2 Å². The van der Waals surface area contributed by atoms with Gasteiger partial charge in [0.05, 0.1) is 7.11 Å². The Morgan fingerprint density at radius 3 is 2.61 bits per heavy atom. The number of rotatable bonds is 5. The third kappa shape index (κ3) is 5.59. The molecule has 0 spiro atoms. The fraction of sp³-hybridized carbons (Fsp3) is 0.588. The Balaban J connectivity index is 1.73. The highest BCUT2D eigenvalue weighted by atomic mass is 35.5. The van der Waals surface area contributed by atoms with Gasteiger partial charge in [0.15, 0.2) is 0 Å².